The molecule has 0 saturated heterocycles. The fraction of sp³-hybridized carbons (Fsp3) is 0.676. The fourth-order valence-electron chi connectivity index (χ4n) is 8.63. The minimum absolute atomic E-state index is 0.0886. The Kier molecular flexibility index (Phi) is 60.8. The third-order valence-electron chi connectivity index (χ3n) is 13.4. The molecule has 6 nitrogen and oxygen atoms in total. The van der Waals surface area contributed by atoms with Crippen LogP contribution in [-0.2, 0) is 28.6 Å². The Bertz CT molecular complexity index is 1600. The Hall–Kier alpha value is -4.19. The van der Waals surface area contributed by atoms with Crippen molar-refractivity contribution in [3.8, 4) is 0 Å². The maximum Gasteiger partial charge on any atom is 0.306 e. The second kappa shape index (κ2) is 64.3. The molecule has 0 saturated carbocycles. The number of esters is 3. The van der Waals surface area contributed by atoms with Gasteiger partial charge in [-0.25, -0.2) is 0 Å². The van der Waals surface area contributed by atoms with E-state index in [0.717, 1.165) is 141 Å². The van der Waals surface area contributed by atoms with Gasteiger partial charge in [0, 0.05) is 19.3 Å². The zero-order chi connectivity index (χ0) is 55.7. The number of hydrogen-bond acceptors (Lipinski definition) is 6. The van der Waals surface area contributed by atoms with Crippen molar-refractivity contribution in [2.45, 2.75) is 297 Å². The van der Waals surface area contributed by atoms with Crippen molar-refractivity contribution in [3.05, 3.63) is 122 Å². The van der Waals surface area contributed by atoms with Gasteiger partial charge in [-0.3, -0.25) is 14.4 Å². The van der Waals surface area contributed by atoms with Gasteiger partial charge in [-0.2, -0.15) is 0 Å². The molecule has 438 valence electrons. The average Bonchev–Trinajstić information content (AvgIpc) is 3.43. The summed E-state index contributed by atoms with van der Waals surface area (Å²) >= 11 is 0. The summed E-state index contributed by atoms with van der Waals surface area (Å²) in [6.07, 6.45) is 89.3. The minimum atomic E-state index is -0.792. The zero-order valence-electron chi connectivity index (χ0n) is 50.2. The smallest absolute Gasteiger partial charge is 0.306 e. The average molecular weight is 1070 g/mol. The molecular formula is C71H118O6. The van der Waals surface area contributed by atoms with Crippen molar-refractivity contribution in [1.29, 1.82) is 0 Å². The van der Waals surface area contributed by atoms with Crippen molar-refractivity contribution in [2.24, 2.45) is 0 Å². The van der Waals surface area contributed by atoms with Gasteiger partial charge in [-0.15, -0.1) is 0 Å². The van der Waals surface area contributed by atoms with Crippen LogP contribution in [0.3, 0.4) is 0 Å². The molecule has 6 heteroatoms. The first-order valence-electron chi connectivity index (χ1n) is 32.0. The molecule has 0 aliphatic rings. The third kappa shape index (κ3) is 62.5. The van der Waals surface area contributed by atoms with E-state index >= 15 is 0 Å². The Morgan fingerprint density at radius 2 is 0.532 bits per heavy atom. The fourth-order valence-corrected chi connectivity index (χ4v) is 8.63. The molecule has 0 aromatic carbocycles. The molecule has 0 bridgehead atoms. The zero-order valence-corrected chi connectivity index (χ0v) is 50.2. The van der Waals surface area contributed by atoms with Crippen molar-refractivity contribution < 1.29 is 28.6 Å². The van der Waals surface area contributed by atoms with Crippen LogP contribution in [0.25, 0.3) is 0 Å². The first kappa shape index (κ1) is 72.8. The highest BCUT2D eigenvalue weighted by Gasteiger charge is 2.19. The van der Waals surface area contributed by atoms with Gasteiger partial charge in [0.1, 0.15) is 13.2 Å². The highest BCUT2D eigenvalue weighted by Crippen LogP contribution is 2.15. The molecule has 0 radical (unpaired) electrons. The minimum Gasteiger partial charge on any atom is -0.462 e. The predicted molar refractivity (Wildman–Crippen MR) is 334 cm³/mol. The van der Waals surface area contributed by atoms with Crippen molar-refractivity contribution in [2.75, 3.05) is 13.2 Å². The van der Waals surface area contributed by atoms with E-state index in [4.69, 9.17) is 14.2 Å². The monoisotopic (exact) mass is 1070 g/mol. The summed E-state index contributed by atoms with van der Waals surface area (Å²) in [5.41, 5.74) is 0. The molecule has 0 aliphatic carbocycles. The molecule has 0 N–H and O–H groups in total. The van der Waals surface area contributed by atoms with Gasteiger partial charge < -0.3 is 14.2 Å². The van der Waals surface area contributed by atoms with E-state index in [2.05, 4.69) is 142 Å². The molecule has 0 amide bonds. The van der Waals surface area contributed by atoms with E-state index in [1.807, 2.05) is 0 Å². The summed E-state index contributed by atoms with van der Waals surface area (Å²) in [7, 11) is 0. The number of hydrogen-bond donors (Lipinski definition) is 0. The van der Waals surface area contributed by atoms with Crippen LogP contribution < -0.4 is 0 Å². The van der Waals surface area contributed by atoms with E-state index < -0.39 is 6.10 Å². The van der Waals surface area contributed by atoms with Gasteiger partial charge in [0.05, 0.1) is 0 Å². The molecule has 0 fully saturated rings. The standard InChI is InChI=1S/C71H118O6/c1-4-7-10-13-16-19-22-25-26-27-28-29-30-31-32-33-34-35-36-37-38-39-40-41-42-43-44-47-49-52-55-58-61-64-70(73)76-67-68(77-71(74)65-62-59-56-53-50-46-24-21-18-15-12-9-6-3)66-75-69(72)63-60-57-54-51-48-45-23-20-17-14-11-8-5-2/h7,10,12,15-16,19-21,23-26,28-29,31-32,34-35,37-38,68H,4-6,8-9,11,13-14,17-18,22,27,30,33,36,39-67H2,1-3H3/b10-7-,15-12-,19-16-,23-20-,24-21-,26-25-,29-28-,32-31-,35-34-,38-37-. The van der Waals surface area contributed by atoms with Gasteiger partial charge in [0.2, 0.25) is 0 Å². The lowest BCUT2D eigenvalue weighted by atomic mass is 10.0. The van der Waals surface area contributed by atoms with E-state index in [0.29, 0.717) is 19.3 Å². The molecule has 77 heavy (non-hydrogen) atoms. The van der Waals surface area contributed by atoms with E-state index in [1.54, 1.807) is 0 Å². The Balaban J connectivity index is 4.21. The molecule has 0 heterocycles. The van der Waals surface area contributed by atoms with E-state index in [9.17, 15) is 14.4 Å². The van der Waals surface area contributed by atoms with Gasteiger partial charge in [-0.05, 0) is 128 Å². The van der Waals surface area contributed by atoms with Crippen LogP contribution in [0.1, 0.15) is 290 Å². The summed E-state index contributed by atoms with van der Waals surface area (Å²) in [5, 5.41) is 0. The first-order valence-corrected chi connectivity index (χ1v) is 32.0. The van der Waals surface area contributed by atoms with E-state index in [1.165, 1.54) is 109 Å². The lowest BCUT2D eigenvalue weighted by Gasteiger charge is -2.18. The number of rotatable bonds is 57. The topological polar surface area (TPSA) is 78.9 Å². The first-order chi connectivity index (χ1) is 38.0. The lowest BCUT2D eigenvalue weighted by Crippen LogP contribution is -2.30. The Morgan fingerprint density at radius 1 is 0.273 bits per heavy atom. The molecule has 0 aromatic rings. The normalized spacial score (nSPS) is 12.9. The van der Waals surface area contributed by atoms with Crippen molar-refractivity contribution in [1.82, 2.24) is 0 Å². The van der Waals surface area contributed by atoms with Crippen molar-refractivity contribution >= 4 is 17.9 Å². The maximum absolute atomic E-state index is 12.8. The molecule has 1 atom stereocenters. The van der Waals surface area contributed by atoms with Crippen LogP contribution in [0.4, 0.5) is 0 Å². The highest BCUT2D eigenvalue weighted by atomic mass is 16.6. The van der Waals surface area contributed by atoms with Crippen molar-refractivity contribution in [3.63, 3.8) is 0 Å². The number of allylic oxidation sites excluding steroid dienone is 20. The second-order valence-electron chi connectivity index (χ2n) is 20.9. The summed E-state index contributed by atoms with van der Waals surface area (Å²) in [5.74, 6) is -0.912. The predicted octanol–water partition coefficient (Wildman–Crippen LogP) is 22.0. The number of carbonyl (C=O) groups is 3. The number of unbranched alkanes of at least 4 members (excludes halogenated alkanes) is 26. The highest BCUT2D eigenvalue weighted by molar-refractivity contribution is 5.71. The van der Waals surface area contributed by atoms with E-state index in [-0.39, 0.29) is 31.1 Å². The molecule has 1 unspecified atom stereocenters. The number of carbonyl (C=O) groups excluding carboxylic acids is 3. The van der Waals surface area contributed by atoms with Gasteiger partial charge in [-0.1, -0.05) is 264 Å². The van der Waals surface area contributed by atoms with Gasteiger partial charge in [0.15, 0.2) is 6.10 Å². The summed E-state index contributed by atoms with van der Waals surface area (Å²) in [4.78, 5) is 38.2. The Labute approximate surface area is 475 Å². The Morgan fingerprint density at radius 3 is 0.857 bits per heavy atom. The summed E-state index contributed by atoms with van der Waals surface area (Å²) in [6.45, 7) is 6.43. The maximum atomic E-state index is 12.8. The molecule has 0 rings (SSSR count). The summed E-state index contributed by atoms with van der Waals surface area (Å²) < 4.78 is 16.9. The SMILES string of the molecule is CC/C=C\C/C=C\C/C=C\C/C=C\C/C=C\C/C=C\C/C=C\CCCCCCCCCCCCCC(=O)OCC(COC(=O)CCCCCCC/C=C\CCCCCC)OC(=O)CCCCCCC/C=C\C/C=C\CCC. The van der Waals surface area contributed by atoms with Gasteiger partial charge in [0.25, 0.3) is 0 Å². The molecule has 0 spiro atoms. The van der Waals surface area contributed by atoms with Crippen LogP contribution in [0.5, 0.6) is 0 Å². The van der Waals surface area contributed by atoms with Gasteiger partial charge >= 0.3 is 17.9 Å². The lowest BCUT2D eigenvalue weighted by molar-refractivity contribution is -0.167. The molecule has 0 aromatic heterocycles. The number of ether oxygens (including phenoxy) is 3. The third-order valence-corrected chi connectivity index (χ3v) is 13.4. The second-order valence-corrected chi connectivity index (χ2v) is 20.9. The van der Waals surface area contributed by atoms with Crippen LogP contribution in [-0.4, -0.2) is 37.2 Å². The molecular weight excluding hydrogens is 949 g/mol. The quantitative estimate of drug-likeness (QED) is 0.0261. The summed E-state index contributed by atoms with van der Waals surface area (Å²) in [6, 6.07) is 0. The van der Waals surface area contributed by atoms with Crippen LogP contribution >= 0.6 is 0 Å². The van der Waals surface area contributed by atoms with Crippen LogP contribution in [0.15, 0.2) is 122 Å². The van der Waals surface area contributed by atoms with Crippen LogP contribution in [0, 0.1) is 0 Å². The largest absolute Gasteiger partial charge is 0.462 e. The molecule has 0 aliphatic heterocycles. The van der Waals surface area contributed by atoms with Crippen LogP contribution in [0.2, 0.25) is 0 Å².